The second kappa shape index (κ2) is 38.9. The van der Waals surface area contributed by atoms with Gasteiger partial charge in [-0.15, -0.1) is 0 Å². The molecule has 56 heavy (non-hydrogen) atoms. The largest absolute Gasteiger partial charge is 0.756 e. The van der Waals surface area contributed by atoms with E-state index in [1.54, 1.807) is 6.08 Å². The molecule has 9 heteroatoms. The lowest BCUT2D eigenvalue weighted by atomic mass is 10.0. The summed E-state index contributed by atoms with van der Waals surface area (Å²) in [5.74, 6) is -0.215. The number of amides is 1. The van der Waals surface area contributed by atoms with E-state index in [2.05, 4.69) is 55.6 Å². The summed E-state index contributed by atoms with van der Waals surface area (Å²) in [5.41, 5.74) is 0. The number of rotatable bonds is 41. The first kappa shape index (κ1) is 54.5. The Balaban J connectivity index is 4.28. The average Bonchev–Trinajstić information content (AvgIpc) is 3.15. The molecule has 0 spiro atoms. The smallest absolute Gasteiger partial charge is 0.268 e. The number of phosphoric acid groups is 1. The van der Waals surface area contributed by atoms with Gasteiger partial charge in [0.1, 0.15) is 13.2 Å². The van der Waals surface area contributed by atoms with Crippen molar-refractivity contribution in [2.75, 3.05) is 40.9 Å². The van der Waals surface area contributed by atoms with Crippen molar-refractivity contribution < 1.29 is 32.9 Å². The highest BCUT2D eigenvalue weighted by Crippen LogP contribution is 2.38. The van der Waals surface area contributed by atoms with Crippen LogP contribution in [0.25, 0.3) is 0 Å². The quantitative estimate of drug-likeness (QED) is 0.0276. The molecule has 0 aromatic carbocycles. The van der Waals surface area contributed by atoms with E-state index in [0.29, 0.717) is 17.4 Å². The SMILES string of the molecule is CCC/C=C/CC/C=C/CC/C=C/C(O)C(COP(=O)([O-])OCC[N+](C)(C)C)NC(=O)CCCCCCCCCCCCC/C=C\CCCCCCCCCC. The molecule has 0 saturated heterocycles. The van der Waals surface area contributed by atoms with Gasteiger partial charge in [0.25, 0.3) is 7.82 Å². The van der Waals surface area contributed by atoms with Gasteiger partial charge in [-0.2, -0.15) is 0 Å². The number of carbonyl (C=O) groups is 1. The Hall–Kier alpha value is -1.54. The molecule has 0 aliphatic carbocycles. The maximum Gasteiger partial charge on any atom is 0.268 e. The Morgan fingerprint density at radius 3 is 1.52 bits per heavy atom. The molecule has 8 nitrogen and oxygen atoms in total. The summed E-state index contributed by atoms with van der Waals surface area (Å²) in [6, 6.07) is -0.908. The van der Waals surface area contributed by atoms with E-state index in [4.69, 9.17) is 9.05 Å². The van der Waals surface area contributed by atoms with Crippen LogP contribution >= 0.6 is 7.82 Å². The highest BCUT2D eigenvalue weighted by molar-refractivity contribution is 7.45. The number of aliphatic hydroxyl groups is 1. The number of nitrogens with one attached hydrogen (secondary N) is 1. The number of likely N-dealkylation sites (N-methyl/N-ethyl adjacent to an activating group) is 1. The normalized spacial score (nSPS) is 14.8. The predicted molar refractivity (Wildman–Crippen MR) is 238 cm³/mol. The van der Waals surface area contributed by atoms with Gasteiger partial charge in [-0.05, 0) is 64.2 Å². The maximum absolute atomic E-state index is 12.8. The van der Waals surface area contributed by atoms with Crippen LogP contribution in [0.3, 0.4) is 0 Å². The lowest BCUT2D eigenvalue weighted by Gasteiger charge is -2.29. The van der Waals surface area contributed by atoms with Crippen molar-refractivity contribution in [3.63, 3.8) is 0 Å². The second-order valence-electron chi connectivity index (χ2n) is 16.7. The Kier molecular flexibility index (Phi) is 37.9. The average molecular weight is 809 g/mol. The Morgan fingerprint density at radius 1 is 0.607 bits per heavy atom. The third-order valence-corrected chi connectivity index (χ3v) is 10.9. The van der Waals surface area contributed by atoms with Crippen LogP contribution in [0.2, 0.25) is 0 Å². The number of nitrogens with zero attached hydrogens (tertiary/aromatic N) is 1. The van der Waals surface area contributed by atoms with E-state index in [0.717, 1.165) is 51.4 Å². The standard InChI is InChI=1S/C47H89N2O6P/c1-6-8-10-12-14-16-18-19-20-21-22-23-24-25-26-27-28-29-31-33-35-37-39-41-47(51)48-45(44-55-56(52,53)54-43-42-49(3,4)5)46(50)40-38-36-34-32-30-17-15-13-11-9-7-2/h11,13,21-22,30,32,38,40,45-46,50H,6-10,12,14-20,23-29,31,33-37,39,41-44H2,1-5H3,(H-,48,51,52,53)/b13-11+,22-21-,32-30+,40-38+. The molecule has 328 valence electrons. The molecule has 3 unspecified atom stereocenters. The fourth-order valence-corrected chi connectivity index (χ4v) is 7.03. The predicted octanol–water partition coefficient (Wildman–Crippen LogP) is 12.2. The molecule has 0 aliphatic heterocycles. The maximum atomic E-state index is 12.8. The highest BCUT2D eigenvalue weighted by atomic mass is 31.2. The van der Waals surface area contributed by atoms with E-state index in [-0.39, 0.29) is 12.5 Å². The first-order valence-electron chi connectivity index (χ1n) is 23.0. The van der Waals surface area contributed by atoms with Crippen LogP contribution in [-0.4, -0.2) is 68.5 Å². The van der Waals surface area contributed by atoms with Gasteiger partial charge in [0.2, 0.25) is 5.91 Å². The van der Waals surface area contributed by atoms with Crippen LogP contribution in [0, 0.1) is 0 Å². The summed E-state index contributed by atoms with van der Waals surface area (Å²) >= 11 is 0. The third kappa shape index (κ3) is 40.6. The monoisotopic (exact) mass is 809 g/mol. The molecular weight excluding hydrogens is 719 g/mol. The zero-order chi connectivity index (χ0) is 41.4. The summed E-state index contributed by atoms with van der Waals surface area (Å²) in [6.45, 7) is 4.53. The van der Waals surface area contributed by atoms with Crippen molar-refractivity contribution in [3.8, 4) is 0 Å². The molecule has 0 fully saturated rings. The van der Waals surface area contributed by atoms with Gasteiger partial charge in [0, 0.05) is 6.42 Å². The molecule has 0 radical (unpaired) electrons. The van der Waals surface area contributed by atoms with Crippen LogP contribution in [-0.2, 0) is 18.4 Å². The fraction of sp³-hybridized carbons (Fsp3) is 0.809. The summed E-state index contributed by atoms with van der Waals surface area (Å²) < 4.78 is 23.1. The van der Waals surface area contributed by atoms with Crippen LogP contribution in [0.4, 0.5) is 0 Å². The molecule has 1 amide bonds. The van der Waals surface area contributed by atoms with E-state index in [1.807, 2.05) is 27.2 Å². The molecule has 3 atom stereocenters. The molecule has 2 N–H and O–H groups in total. The lowest BCUT2D eigenvalue weighted by molar-refractivity contribution is -0.870. The number of carbonyl (C=O) groups excluding carboxylic acids is 1. The second-order valence-corrected chi connectivity index (χ2v) is 18.1. The number of unbranched alkanes of at least 4 members (excludes halogenated alkanes) is 22. The topological polar surface area (TPSA) is 108 Å². The van der Waals surface area contributed by atoms with E-state index in [9.17, 15) is 19.4 Å². The van der Waals surface area contributed by atoms with Crippen LogP contribution in [0.1, 0.15) is 194 Å². The number of phosphoric ester groups is 1. The van der Waals surface area contributed by atoms with Crippen LogP contribution in [0.15, 0.2) is 48.6 Å². The lowest BCUT2D eigenvalue weighted by Crippen LogP contribution is -2.45. The summed E-state index contributed by atoms with van der Waals surface area (Å²) in [6.07, 6.45) is 48.9. The Bertz CT molecular complexity index is 1050. The number of quaternary nitrogens is 1. The van der Waals surface area contributed by atoms with Crippen molar-refractivity contribution in [2.24, 2.45) is 0 Å². The van der Waals surface area contributed by atoms with Gasteiger partial charge in [0.05, 0.1) is 39.9 Å². The van der Waals surface area contributed by atoms with Gasteiger partial charge in [-0.1, -0.05) is 172 Å². The molecule has 0 aromatic heterocycles. The van der Waals surface area contributed by atoms with Gasteiger partial charge >= 0.3 is 0 Å². The zero-order valence-electron chi connectivity index (χ0n) is 37.1. The van der Waals surface area contributed by atoms with Gasteiger partial charge in [-0.25, -0.2) is 0 Å². The molecular formula is C47H89N2O6P. The third-order valence-electron chi connectivity index (χ3n) is 9.97. The highest BCUT2D eigenvalue weighted by Gasteiger charge is 2.23. The number of hydrogen-bond acceptors (Lipinski definition) is 6. The van der Waals surface area contributed by atoms with Crippen molar-refractivity contribution >= 4 is 13.7 Å². The number of hydrogen-bond donors (Lipinski definition) is 2. The zero-order valence-corrected chi connectivity index (χ0v) is 38.0. The van der Waals surface area contributed by atoms with Crippen LogP contribution < -0.4 is 10.2 Å². The fourth-order valence-electron chi connectivity index (χ4n) is 6.30. The molecule has 0 heterocycles. The molecule has 0 aliphatic rings. The van der Waals surface area contributed by atoms with Gasteiger partial charge in [-0.3, -0.25) is 9.36 Å². The minimum atomic E-state index is -4.60. The van der Waals surface area contributed by atoms with Gasteiger partial charge in [0.15, 0.2) is 0 Å². The van der Waals surface area contributed by atoms with Crippen molar-refractivity contribution in [3.05, 3.63) is 48.6 Å². The Labute approximate surface area is 346 Å². The van der Waals surface area contributed by atoms with Crippen molar-refractivity contribution in [1.82, 2.24) is 5.32 Å². The van der Waals surface area contributed by atoms with Crippen molar-refractivity contribution in [1.29, 1.82) is 0 Å². The van der Waals surface area contributed by atoms with Gasteiger partial charge < -0.3 is 28.8 Å². The molecule has 0 aromatic rings. The molecule has 0 rings (SSSR count). The summed E-state index contributed by atoms with van der Waals surface area (Å²) in [5, 5.41) is 13.7. The summed E-state index contributed by atoms with van der Waals surface area (Å²) in [4.78, 5) is 25.3. The first-order chi connectivity index (χ1) is 27.0. The van der Waals surface area contributed by atoms with E-state index in [1.165, 1.54) is 122 Å². The molecule has 0 saturated carbocycles. The minimum absolute atomic E-state index is 0.0101. The van der Waals surface area contributed by atoms with E-state index < -0.39 is 26.6 Å². The first-order valence-corrected chi connectivity index (χ1v) is 24.5. The summed E-state index contributed by atoms with van der Waals surface area (Å²) in [7, 11) is 1.23. The Morgan fingerprint density at radius 2 is 1.04 bits per heavy atom. The van der Waals surface area contributed by atoms with E-state index >= 15 is 0 Å². The number of aliphatic hydroxyl groups excluding tert-OH is 1. The minimum Gasteiger partial charge on any atom is -0.756 e. The number of allylic oxidation sites excluding steroid dienone is 7. The van der Waals surface area contributed by atoms with Crippen molar-refractivity contribution in [2.45, 2.75) is 206 Å². The molecule has 0 bridgehead atoms. The van der Waals surface area contributed by atoms with Crippen LogP contribution in [0.5, 0.6) is 0 Å².